The largest absolute Gasteiger partial charge is 0.397 e. The van der Waals surface area contributed by atoms with Gasteiger partial charge in [0.05, 0.1) is 23.1 Å². The van der Waals surface area contributed by atoms with Crippen molar-refractivity contribution in [2.24, 2.45) is 0 Å². The maximum absolute atomic E-state index is 12.2. The van der Waals surface area contributed by atoms with E-state index in [0.717, 1.165) is 10.0 Å². The number of rotatable bonds is 2. The standard InChI is InChI=1S/C13H10BrCl2N3O/c1-6-2-8(14)11(4-9(6)15)19-13(20)7-3-12(16)18-5-10(7)17/h2-5H,17H2,1H3,(H,19,20). The maximum atomic E-state index is 12.2. The van der Waals surface area contributed by atoms with Crippen LogP contribution in [0.15, 0.2) is 28.9 Å². The average molecular weight is 375 g/mol. The van der Waals surface area contributed by atoms with Gasteiger partial charge in [-0.2, -0.15) is 0 Å². The molecule has 0 aliphatic rings. The molecule has 4 nitrogen and oxygen atoms in total. The van der Waals surface area contributed by atoms with Crippen molar-refractivity contribution in [3.63, 3.8) is 0 Å². The van der Waals surface area contributed by atoms with E-state index in [1.54, 1.807) is 6.07 Å². The Balaban J connectivity index is 2.32. The van der Waals surface area contributed by atoms with Gasteiger partial charge in [-0.15, -0.1) is 0 Å². The van der Waals surface area contributed by atoms with Crippen molar-refractivity contribution in [1.29, 1.82) is 0 Å². The highest BCUT2D eigenvalue weighted by molar-refractivity contribution is 9.10. The van der Waals surface area contributed by atoms with Crippen molar-refractivity contribution < 1.29 is 4.79 Å². The molecule has 0 atom stereocenters. The summed E-state index contributed by atoms with van der Waals surface area (Å²) in [6.45, 7) is 1.87. The Kier molecular flexibility index (Phi) is 4.52. The monoisotopic (exact) mass is 373 g/mol. The van der Waals surface area contributed by atoms with E-state index >= 15 is 0 Å². The summed E-state index contributed by atoms with van der Waals surface area (Å²) in [4.78, 5) is 16.0. The second kappa shape index (κ2) is 5.99. The summed E-state index contributed by atoms with van der Waals surface area (Å²) in [5, 5.41) is 3.48. The van der Waals surface area contributed by atoms with Crippen LogP contribution in [0.1, 0.15) is 15.9 Å². The molecule has 0 aliphatic carbocycles. The quantitative estimate of drug-likeness (QED) is 0.770. The molecule has 0 spiro atoms. The Morgan fingerprint density at radius 2 is 2.05 bits per heavy atom. The minimum atomic E-state index is -0.382. The van der Waals surface area contributed by atoms with Crippen LogP contribution in [-0.2, 0) is 0 Å². The van der Waals surface area contributed by atoms with Crippen LogP contribution < -0.4 is 11.1 Å². The number of halogens is 3. The molecular weight excluding hydrogens is 365 g/mol. The van der Waals surface area contributed by atoms with Crippen LogP contribution in [0, 0.1) is 6.92 Å². The molecule has 7 heteroatoms. The highest BCUT2D eigenvalue weighted by atomic mass is 79.9. The SMILES string of the molecule is Cc1cc(Br)c(NC(=O)c2cc(Cl)ncc2N)cc1Cl. The van der Waals surface area contributed by atoms with Gasteiger partial charge in [-0.05, 0) is 46.6 Å². The van der Waals surface area contributed by atoms with Crippen LogP contribution in [0.25, 0.3) is 0 Å². The van der Waals surface area contributed by atoms with Crippen LogP contribution in [0.2, 0.25) is 10.2 Å². The zero-order chi connectivity index (χ0) is 14.9. The molecular formula is C13H10BrCl2N3O. The predicted molar refractivity (Wildman–Crippen MR) is 85.5 cm³/mol. The number of pyridine rings is 1. The molecule has 1 aromatic carbocycles. The van der Waals surface area contributed by atoms with Crippen LogP contribution in [-0.4, -0.2) is 10.9 Å². The zero-order valence-electron chi connectivity index (χ0n) is 10.4. The van der Waals surface area contributed by atoms with Gasteiger partial charge in [0.1, 0.15) is 5.15 Å². The van der Waals surface area contributed by atoms with Crippen molar-refractivity contribution >= 4 is 56.4 Å². The van der Waals surface area contributed by atoms with E-state index in [1.807, 2.05) is 13.0 Å². The number of aromatic nitrogens is 1. The number of anilines is 2. The third-order valence-electron chi connectivity index (χ3n) is 2.64. The summed E-state index contributed by atoms with van der Waals surface area (Å²) in [7, 11) is 0. The number of hydrogen-bond acceptors (Lipinski definition) is 3. The van der Waals surface area contributed by atoms with Gasteiger partial charge in [-0.1, -0.05) is 23.2 Å². The lowest BCUT2D eigenvalue weighted by atomic mass is 10.2. The Labute approximate surface area is 134 Å². The van der Waals surface area contributed by atoms with E-state index in [1.165, 1.54) is 12.3 Å². The van der Waals surface area contributed by atoms with Gasteiger partial charge in [0, 0.05) is 9.50 Å². The number of benzene rings is 1. The van der Waals surface area contributed by atoms with Crippen molar-refractivity contribution in [3.8, 4) is 0 Å². The number of carbonyl (C=O) groups excluding carboxylic acids is 1. The number of carbonyl (C=O) groups is 1. The molecule has 0 unspecified atom stereocenters. The van der Waals surface area contributed by atoms with Crippen LogP contribution in [0.3, 0.4) is 0 Å². The molecule has 1 heterocycles. The summed E-state index contributed by atoms with van der Waals surface area (Å²) in [6, 6.07) is 4.90. The molecule has 0 aliphatic heterocycles. The molecule has 20 heavy (non-hydrogen) atoms. The van der Waals surface area contributed by atoms with Gasteiger partial charge in [-0.25, -0.2) is 4.98 Å². The summed E-state index contributed by atoms with van der Waals surface area (Å²) >= 11 is 15.2. The smallest absolute Gasteiger partial charge is 0.257 e. The molecule has 0 radical (unpaired) electrons. The summed E-state index contributed by atoms with van der Waals surface area (Å²) in [5.74, 6) is -0.382. The molecule has 0 fully saturated rings. The molecule has 104 valence electrons. The van der Waals surface area contributed by atoms with Crippen molar-refractivity contribution in [2.45, 2.75) is 6.92 Å². The second-order valence-electron chi connectivity index (χ2n) is 4.13. The lowest BCUT2D eigenvalue weighted by Gasteiger charge is -2.11. The highest BCUT2D eigenvalue weighted by Gasteiger charge is 2.13. The topological polar surface area (TPSA) is 68.0 Å². The molecule has 0 bridgehead atoms. The summed E-state index contributed by atoms with van der Waals surface area (Å²) in [5.41, 5.74) is 7.68. The van der Waals surface area contributed by atoms with Gasteiger partial charge >= 0.3 is 0 Å². The molecule has 2 rings (SSSR count). The number of aryl methyl sites for hydroxylation is 1. The molecule has 0 saturated heterocycles. The van der Waals surface area contributed by atoms with Gasteiger partial charge in [0.25, 0.3) is 5.91 Å². The Morgan fingerprint density at radius 3 is 2.75 bits per heavy atom. The number of nitrogen functional groups attached to an aromatic ring is 1. The first-order valence-electron chi connectivity index (χ1n) is 5.56. The number of nitrogens with one attached hydrogen (secondary N) is 1. The van der Waals surface area contributed by atoms with Crippen LogP contribution in [0.5, 0.6) is 0 Å². The Morgan fingerprint density at radius 1 is 1.35 bits per heavy atom. The molecule has 1 aromatic heterocycles. The van der Waals surface area contributed by atoms with Crippen molar-refractivity contribution in [1.82, 2.24) is 4.98 Å². The van der Waals surface area contributed by atoms with Crippen LogP contribution >= 0.6 is 39.1 Å². The van der Waals surface area contributed by atoms with Gasteiger partial charge in [-0.3, -0.25) is 4.79 Å². The van der Waals surface area contributed by atoms with Crippen LogP contribution in [0.4, 0.5) is 11.4 Å². The van der Waals surface area contributed by atoms with E-state index in [0.29, 0.717) is 10.7 Å². The fraction of sp³-hybridized carbons (Fsp3) is 0.0769. The van der Waals surface area contributed by atoms with Gasteiger partial charge in [0.2, 0.25) is 0 Å². The van der Waals surface area contributed by atoms with Crippen molar-refractivity contribution in [3.05, 3.63) is 50.2 Å². The first-order valence-corrected chi connectivity index (χ1v) is 7.11. The predicted octanol–water partition coefficient (Wildman–Crippen LogP) is 4.29. The van der Waals surface area contributed by atoms with E-state index in [2.05, 4.69) is 26.2 Å². The molecule has 1 amide bonds. The Bertz CT molecular complexity index is 692. The van der Waals surface area contributed by atoms with Gasteiger partial charge < -0.3 is 11.1 Å². The van der Waals surface area contributed by atoms with E-state index < -0.39 is 0 Å². The highest BCUT2D eigenvalue weighted by Crippen LogP contribution is 2.30. The molecule has 3 N–H and O–H groups in total. The zero-order valence-corrected chi connectivity index (χ0v) is 13.5. The number of amides is 1. The van der Waals surface area contributed by atoms with Crippen molar-refractivity contribution in [2.75, 3.05) is 11.1 Å². The minimum absolute atomic E-state index is 0.199. The number of nitrogens with zero attached hydrogens (tertiary/aromatic N) is 1. The third-order valence-corrected chi connectivity index (χ3v) is 3.91. The van der Waals surface area contributed by atoms with E-state index in [-0.39, 0.29) is 22.3 Å². The van der Waals surface area contributed by atoms with E-state index in [9.17, 15) is 4.79 Å². The fourth-order valence-corrected chi connectivity index (χ4v) is 2.45. The third kappa shape index (κ3) is 3.23. The summed E-state index contributed by atoms with van der Waals surface area (Å²) < 4.78 is 0.728. The molecule has 2 aromatic rings. The lowest BCUT2D eigenvalue weighted by Crippen LogP contribution is -2.14. The normalized spacial score (nSPS) is 10.4. The van der Waals surface area contributed by atoms with E-state index in [4.69, 9.17) is 28.9 Å². The fourth-order valence-electron chi connectivity index (χ4n) is 1.57. The lowest BCUT2D eigenvalue weighted by molar-refractivity contribution is 0.102. The summed E-state index contributed by atoms with van der Waals surface area (Å²) in [6.07, 6.45) is 1.34. The Hall–Kier alpha value is -1.30. The molecule has 0 saturated carbocycles. The number of hydrogen-bond donors (Lipinski definition) is 2. The maximum Gasteiger partial charge on any atom is 0.257 e. The number of nitrogens with two attached hydrogens (primary N) is 1. The average Bonchev–Trinajstić information content (AvgIpc) is 2.38. The first-order chi connectivity index (χ1) is 9.38. The first kappa shape index (κ1) is 15.1. The second-order valence-corrected chi connectivity index (χ2v) is 5.78. The minimum Gasteiger partial charge on any atom is -0.397 e. The van der Waals surface area contributed by atoms with Gasteiger partial charge in [0.15, 0.2) is 0 Å².